The van der Waals surface area contributed by atoms with Crippen molar-refractivity contribution in [3.63, 3.8) is 0 Å². The Morgan fingerprint density at radius 2 is 2.16 bits per heavy atom. The number of nitriles is 1. The maximum atomic E-state index is 12.7. The Kier molecular flexibility index (Phi) is 5.32. The first-order chi connectivity index (χ1) is 12.2. The average Bonchev–Trinajstić information content (AvgIpc) is 3.31. The van der Waals surface area contributed by atoms with E-state index in [1.807, 2.05) is 36.4 Å². The quantitative estimate of drug-likeness (QED) is 0.671. The molecule has 128 valence electrons. The van der Waals surface area contributed by atoms with Gasteiger partial charge in [0.1, 0.15) is 17.4 Å². The molecule has 1 aromatic heterocycles. The highest BCUT2D eigenvalue weighted by molar-refractivity contribution is 6.01. The van der Waals surface area contributed by atoms with Crippen LogP contribution in [0.5, 0.6) is 0 Å². The Bertz CT molecular complexity index is 775. The second-order valence-electron chi connectivity index (χ2n) is 6.14. The zero-order chi connectivity index (χ0) is 17.6. The molecule has 25 heavy (non-hydrogen) atoms. The van der Waals surface area contributed by atoms with Crippen molar-refractivity contribution in [1.82, 2.24) is 4.90 Å². The number of aliphatic hydroxyl groups excluding tert-OH is 1. The molecule has 0 radical (unpaired) electrons. The molecule has 5 heteroatoms. The van der Waals surface area contributed by atoms with Gasteiger partial charge in [-0.3, -0.25) is 4.79 Å². The molecule has 2 unspecified atom stereocenters. The maximum absolute atomic E-state index is 12.7. The van der Waals surface area contributed by atoms with Crippen molar-refractivity contribution >= 4 is 12.0 Å². The Labute approximate surface area is 146 Å². The number of carbonyl (C=O) groups excluding carboxylic acids is 1. The standard InChI is InChI=1S/C20H20N2O3/c21-14-16(12-18-9-5-11-25-18)20(24)22-10-4-8-17(22)13-19(23)15-6-2-1-3-7-15/h1-3,5-7,9,11-12,17,19,23H,4,8,10,13H2. The van der Waals surface area contributed by atoms with Gasteiger partial charge in [0.25, 0.3) is 5.91 Å². The Balaban J connectivity index is 1.72. The van der Waals surface area contributed by atoms with E-state index in [2.05, 4.69) is 0 Å². The molecule has 0 aliphatic carbocycles. The number of hydrogen-bond donors (Lipinski definition) is 1. The first-order valence-corrected chi connectivity index (χ1v) is 8.38. The van der Waals surface area contributed by atoms with Gasteiger partial charge in [0.15, 0.2) is 0 Å². The van der Waals surface area contributed by atoms with Crippen molar-refractivity contribution in [2.24, 2.45) is 0 Å². The molecular weight excluding hydrogens is 316 g/mol. The number of nitrogens with zero attached hydrogens (tertiary/aromatic N) is 2. The monoisotopic (exact) mass is 336 g/mol. The van der Waals surface area contributed by atoms with E-state index in [0.717, 1.165) is 18.4 Å². The minimum absolute atomic E-state index is 0.0519. The van der Waals surface area contributed by atoms with Crippen LogP contribution in [-0.4, -0.2) is 28.5 Å². The molecule has 3 rings (SSSR count). The third-order valence-electron chi connectivity index (χ3n) is 4.50. The summed E-state index contributed by atoms with van der Waals surface area (Å²) < 4.78 is 5.19. The lowest BCUT2D eigenvalue weighted by molar-refractivity contribution is -0.127. The average molecular weight is 336 g/mol. The molecule has 1 amide bonds. The Morgan fingerprint density at radius 1 is 1.36 bits per heavy atom. The third kappa shape index (κ3) is 3.98. The minimum atomic E-state index is -0.626. The van der Waals surface area contributed by atoms with Crippen molar-refractivity contribution in [3.05, 3.63) is 65.6 Å². The predicted molar refractivity (Wildman–Crippen MR) is 93.1 cm³/mol. The SMILES string of the molecule is N#CC(=Cc1ccco1)C(=O)N1CCCC1CC(O)c1ccccc1. The number of aliphatic hydroxyl groups is 1. The van der Waals surface area contributed by atoms with Crippen LogP contribution in [0.25, 0.3) is 6.08 Å². The largest absolute Gasteiger partial charge is 0.465 e. The van der Waals surface area contributed by atoms with Gasteiger partial charge in [-0.05, 0) is 37.0 Å². The van der Waals surface area contributed by atoms with Crippen molar-refractivity contribution in [1.29, 1.82) is 5.26 Å². The summed E-state index contributed by atoms with van der Waals surface area (Å²) in [5.41, 5.74) is 0.893. The molecule has 0 saturated carbocycles. The van der Waals surface area contributed by atoms with Crippen molar-refractivity contribution in [2.45, 2.75) is 31.4 Å². The van der Waals surface area contributed by atoms with E-state index in [4.69, 9.17) is 4.42 Å². The van der Waals surface area contributed by atoms with E-state index >= 15 is 0 Å². The summed E-state index contributed by atoms with van der Waals surface area (Å²) in [6.07, 6.45) is 4.51. The van der Waals surface area contributed by atoms with Crippen LogP contribution >= 0.6 is 0 Å². The van der Waals surface area contributed by atoms with Gasteiger partial charge in [-0.1, -0.05) is 30.3 Å². The topological polar surface area (TPSA) is 77.5 Å². The molecule has 2 aromatic rings. The number of rotatable bonds is 5. The van der Waals surface area contributed by atoms with Gasteiger partial charge in [0.05, 0.1) is 12.4 Å². The van der Waals surface area contributed by atoms with Crippen LogP contribution in [0.2, 0.25) is 0 Å². The highest BCUT2D eigenvalue weighted by Gasteiger charge is 2.32. The maximum Gasteiger partial charge on any atom is 0.264 e. The Hall–Kier alpha value is -2.84. The fraction of sp³-hybridized carbons (Fsp3) is 0.300. The van der Waals surface area contributed by atoms with Gasteiger partial charge in [0.2, 0.25) is 0 Å². The third-order valence-corrected chi connectivity index (χ3v) is 4.50. The van der Waals surface area contributed by atoms with E-state index < -0.39 is 6.10 Å². The molecule has 1 fully saturated rings. The molecule has 5 nitrogen and oxygen atoms in total. The first kappa shape index (κ1) is 17.0. The lowest BCUT2D eigenvalue weighted by atomic mass is 10.00. The van der Waals surface area contributed by atoms with Crippen LogP contribution in [0, 0.1) is 11.3 Å². The summed E-state index contributed by atoms with van der Waals surface area (Å²) >= 11 is 0. The van der Waals surface area contributed by atoms with Crippen molar-refractivity contribution in [2.75, 3.05) is 6.54 Å². The summed E-state index contributed by atoms with van der Waals surface area (Å²) in [4.78, 5) is 14.4. The summed E-state index contributed by atoms with van der Waals surface area (Å²) in [7, 11) is 0. The van der Waals surface area contributed by atoms with Crippen molar-refractivity contribution < 1.29 is 14.3 Å². The van der Waals surface area contributed by atoms with Gasteiger partial charge in [-0.15, -0.1) is 0 Å². The zero-order valence-electron chi connectivity index (χ0n) is 13.8. The number of amides is 1. The molecule has 1 aliphatic rings. The highest BCUT2D eigenvalue weighted by atomic mass is 16.3. The summed E-state index contributed by atoms with van der Waals surface area (Å²) in [5.74, 6) is 0.173. The van der Waals surface area contributed by atoms with Crippen LogP contribution in [-0.2, 0) is 4.79 Å². The van der Waals surface area contributed by atoms with Crippen LogP contribution in [0.1, 0.15) is 36.7 Å². The highest BCUT2D eigenvalue weighted by Crippen LogP contribution is 2.28. The summed E-state index contributed by atoms with van der Waals surface area (Å²) in [6.45, 7) is 0.599. The van der Waals surface area contributed by atoms with E-state index in [9.17, 15) is 15.2 Å². The second-order valence-corrected chi connectivity index (χ2v) is 6.14. The Morgan fingerprint density at radius 3 is 2.84 bits per heavy atom. The zero-order valence-corrected chi connectivity index (χ0v) is 13.8. The van der Waals surface area contributed by atoms with E-state index in [1.54, 1.807) is 17.0 Å². The molecule has 2 heterocycles. The lowest BCUT2D eigenvalue weighted by Crippen LogP contribution is -2.37. The normalized spacial score (nSPS) is 18.8. The van der Waals surface area contributed by atoms with Crippen LogP contribution in [0.4, 0.5) is 0 Å². The number of furan rings is 1. The molecular formula is C20H20N2O3. The predicted octanol–water partition coefficient (Wildman–Crippen LogP) is 3.30. The van der Waals surface area contributed by atoms with Crippen LogP contribution in [0.3, 0.4) is 0 Å². The number of carbonyl (C=O) groups is 1. The molecule has 0 spiro atoms. The first-order valence-electron chi connectivity index (χ1n) is 8.38. The van der Waals surface area contributed by atoms with E-state index in [0.29, 0.717) is 18.7 Å². The summed E-state index contributed by atoms with van der Waals surface area (Å²) in [5, 5.41) is 19.8. The van der Waals surface area contributed by atoms with E-state index in [1.165, 1.54) is 12.3 Å². The molecule has 0 bridgehead atoms. The number of hydrogen-bond acceptors (Lipinski definition) is 4. The van der Waals surface area contributed by atoms with Gasteiger partial charge in [-0.25, -0.2) is 0 Å². The van der Waals surface area contributed by atoms with Gasteiger partial charge in [-0.2, -0.15) is 5.26 Å². The fourth-order valence-electron chi connectivity index (χ4n) is 3.23. The van der Waals surface area contributed by atoms with Gasteiger partial charge >= 0.3 is 0 Å². The molecule has 2 atom stereocenters. The van der Waals surface area contributed by atoms with Gasteiger partial charge < -0.3 is 14.4 Å². The second kappa shape index (κ2) is 7.82. The number of benzene rings is 1. The van der Waals surface area contributed by atoms with Gasteiger partial charge in [0, 0.05) is 18.7 Å². The molecule has 1 N–H and O–H groups in total. The fourth-order valence-corrected chi connectivity index (χ4v) is 3.23. The van der Waals surface area contributed by atoms with Crippen LogP contribution in [0.15, 0.2) is 58.7 Å². The minimum Gasteiger partial charge on any atom is -0.465 e. The van der Waals surface area contributed by atoms with E-state index in [-0.39, 0.29) is 17.5 Å². The van der Waals surface area contributed by atoms with Crippen molar-refractivity contribution in [3.8, 4) is 6.07 Å². The smallest absolute Gasteiger partial charge is 0.264 e. The molecule has 1 aromatic carbocycles. The molecule has 1 saturated heterocycles. The van der Waals surface area contributed by atoms with Crippen LogP contribution < -0.4 is 0 Å². The lowest BCUT2D eigenvalue weighted by Gasteiger charge is -2.26. The molecule has 1 aliphatic heterocycles. The number of likely N-dealkylation sites (tertiary alicyclic amines) is 1. The summed E-state index contributed by atoms with van der Waals surface area (Å²) in [6, 6.07) is 14.7.